The van der Waals surface area contributed by atoms with Crippen LogP contribution in [0.15, 0.2) is 87.3 Å². The molecule has 0 aliphatic carbocycles. The zero-order valence-electron chi connectivity index (χ0n) is 21.3. The Labute approximate surface area is 238 Å². The van der Waals surface area contributed by atoms with Crippen LogP contribution in [-0.2, 0) is 6.54 Å². The van der Waals surface area contributed by atoms with Gasteiger partial charge in [0.2, 0.25) is 0 Å². The summed E-state index contributed by atoms with van der Waals surface area (Å²) in [5.41, 5.74) is -0.895. The van der Waals surface area contributed by atoms with Gasteiger partial charge in [0.1, 0.15) is 5.52 Å². The minimum absolute atomic E-state index is 0.0174. The topological polar surface area (TPSA) is 101 Å². The van der Waals surface area contributed by atoms with Gasteiger partial charge in [0.15, 0.2) is 22.9 Å². The fourth-order valence-electron chi connectivity index (χ4n) is 5.11. The number of rotatable bonds is 4. The maximum absolute atomic E-state index is 14.5. The predicted molar refractivity (Wildman–Crippen MR) is 153 cm³/mol. The summed E-state index contributed by atoms with van der Waals surface area (Å²) in [5, 5.41) is 10.1. The number of nitrogens with zero attached hydrogens (tertiary/aromatic N) is 6. The van der Waals surface area contributed by atoms with E-state index in [2.05, 4.69) is 21.2 Å². The fraction of sp³-hybridized carbons (Fsp3) is 0.0333. The van der Waals surface area contributed by atoms with Crippen LogP contribution in [-0.4, -0.2) is 29.1 Å². The monoisotopic (exact) mass is 580 g/mol. The number of aromatic nitrogens is 6. The Kier molecular flexibility index (Phi) is 5.74. The Morgan fingerprint density at radius 2 is 1.81 bits per heavy atom. The van der Waals surface area contributed by atoms with Crippen LogP contribution in [0.25, 0.3) is 55.4 Å². The molecule has 0 aliphatic rings. The van der Waals surface area contributed by atoms with E-state index < -0.39 is 22.9 Å². The van der Waals surface area contributed by atoms with Crippen molar-refractivity contribution < 1.29 is 13.2 Å². The number of hydrogen-bond acceptors (Lipinski definition) is 6. The highest BCUT2D eigenvalue weighted by Gasteiger charge is 2.27. The van der Waals surface area contributed by atoms with E-state index in [1.807, 2.05) is 0 Å². The van der Waals surface area contributed by atoms with Crippen LogP contribution < -0.4 is 11.2 Å². The van der Waals surface area contributed by atoms with Crippen LogP contribution in [0, 0.1) is 24.0 Å². The second-order valence-corrected chi connectivity index (χ2v) is 9.75. The second-order valence-electron chi connectivity index (χ2n) is 9.34. The Hall–Kier alpha value is -5.60. The maximum atomic E-state index is 14.5. The molecule has 0 bridgehead atoms. The van der Waals surface area contributed by atoms with Gasteiger partial charge in [-0.1, -0.05) is 47.0 Å². The van der Waals surface area contributed by atoms with Gasteiger partial charge in [0, 0.05) is 40.1 Å². The highest BCUT2D eigenvalue weighted by molar-refractivity contribution is 6.35. The normalized spacial score (nSPS) is 11.5. The van der Waals surface area contributed by atoms with Crippen LogP contribution in [0.1, 0.15) is 0 Å². The molecule has 0 spiro atoms. The highest BCUT2D eigenvalue weighted by atomic mass is 35.5. The molecule has 0 N–H and O–H groups in total. The van der Waals surface area contributed by atoms with Crippen molar-refractivity contribution in [2.24, 2.45) is 0 Å². The first-order valence-electron chi connectivity index (χ1n) is 12.4. The summed E-state index contributed by atoms with van der Waals surface area (Å²) in [6, 6.07) is 13.7. The summed E-state index contributed by atoms with van der Waals surface area (Å²) in [5.74, 6) is 0.158. The molecule has 42 heavy (non-hydrogen) atoms. The molecular weight excluding hydrogens is 566 g/mol. The molecule has 3 aromatic carbocycles. The summed E-state index contributed by atoms with van der Waals surface area (Å²) in [6.07, 6.45) is 10.2. The molecule has 0 saturated heterocycles. The quantitative estimate of drug-likeness (QED) is 0.263. The van der Waals surface area contributed by atoms with Crippen molar-refractivity contribution in [2.45, 2.75) is 6.54 Å². The second kappa shape index (κ2) is 9.50. The zero-order valence-corrected chi connectivity index (χ0v) is 22.0. The number of hydrogen-bond donors (Lipinski definition) is 0. The van der Waals surface area contributed by atoms with Crippen LogP contribution in [0.2, 0.25) is 5.02 Å². The zero-order chi connectivity index (χ0) is 29.1. The van der Waals surface area contributed by atoms with Gasteiger partial charge in [-0.2, -0.15) is 0 Å². The Bertz CT molecular complexity index is 2390. The van der Waals surface area contributed by atoms with Crippen molar-refractivity contribution in [3.05, 3.63) is 111 Å². The van der Waals surface area contributed by atoms with Crippen molar-refractivity contribution in [2.75, 3.05) is 0 Å². The smallest absolute Gasteiger partial charge is 0.337 e. The van der Waals surface area contributed by atoms with Gasteiger partial charge < -0.3 is 4.42 Å². The van der Waals surface area contributed by atoms with E-state index >= 15 is 0 Å². The molecule has 0 fully saturated rings. The van der Waals surface area contributed by atoms with Crippen molar-refractivity contribution in [3.63, 3.8) is 0 Å². The molecule has 9 nitrogen and oxygen atoms in total. The molecule has 12 heteroatoms. The van der Waals surface area contributed by atoms with Crippen LogP contribution in [0.3, 0.4) is 0 Å². The number of benzene rings is 3. The Morgan fingerprint density at radius 1 is 1.00 bits per heavy atom. The Morgan fingerprint density at radius 3 is 2.64 bits per heavy atom. The van der Waals surface area contributed by atoms with E-state index in [1.165, 1.54) is 23.1 Å². The first kappa shape index (κ1) is 25.4. The molecule has 0 aliphatic heterocycles. The summed E-state index contributed by atoms with van der Waals surface area (Å²) >= 11 is 6.53. The minimum atomic E-state index is -1.18. The van der Waals surface area contributed by atoms with E-state index in [1.54, 1.807) is 42.6 Å². The average molecular weight is 581 g/mol. The highest BCUT2D eigenvalue weighted by Crippen LogP contribution is 2.34. The summed E-state index contributed by atoms with van der Waals surface area (Å²) in [6.45, 7) is -0.268. The van der Waals surface area contributed by atoms with Crippen molar-refractivity contribution in [1.82, 2.24) is 29.1 Å². The van der Waals surface area contributed by atoms with Crippen LogP contribution in [0.5, 0.6) is 0 Å². The number of pyridine rings is 1. The first-order valence-corrected chi connectivity index (χ1v) is 12.8. The van der Waals surface area contributed by atoms with Crippen molar-refractivity contribution in [3.8, 4) is 35.0 Å². The number of halogens is 3. The van der Waals surface area contributed by atoms with E-state index in [0.717, 1.165) is 21.4 Å². The van der Waals surface area contributed by atoms with Gasteiger partial charge >= 0.3 is 5.69 Å². The lowest BCUT2D eigenvalue weighted by molar-refractivity contribution is 0.510. The summed E-state index contributed by atoms with van der Waals surface area (Å²) in [4.78, 5) is 33.0. The molecule has 0 saturated carbocycles. The number of fused-ring (bicyclic) bond motifs is 3. The fourth-order valence-corrected chi connectivity index (χ4v) is 5.38. The van der Waals surface area contributed by atoms with Crippen LogP contribution in [0.4, 0.5) is 8.78 Å². The van der Waals surface area contributed by atoms with Crippen molar-refractivity contribution >= 4 is 44.4 Å². The molecule has 0 amide bonds. The average Bonchev–Trinajstić information content (AvgIpc) is 3.62. The van der Waals surface area contributed by atoms with Crippen LogP contribution >= 0.6 is 11.6 Å². The molecule has 0 unspecified atom stereocenters. The molecular formula is C30H15ClF2N6O3. The van der Waals surface area contributed by atoms with Gasteiger partial charge in [-0.3, -0.25) is 14.3 Å². The molecule has 4 heterocycles. The van der Waals surface area contributed by atoms with E-state index in [0.29, 0.717) is 27.3 Å². The minimum Gasteiger partial charge on any atom is -0.463 e. The summed E-state index contributed by atoms with van der Waals surface area (Å²) in [7, 11) is 0. The third kappa shape index (κ3) is 3.73. The van der Waals surface area contributed by atoms with E-state index in [9.17, 15) is 18.4 Å². The lowest BCUT2D eigenvalue weighted by Crippen LogP contribution is -2.42. The predicted octanol–water partition coefficient (Wildman–Crippen LogP) is 5.26. The molecule has 7 rings (SSSR count). The number of terminal acetylenes is 1. The third-order valence-corrected chi connectivity index (χ3v) is 7.22. The lowest BCUT2D eigenvalue weighted by Gasteiger charge is -2.19. The number of furan rings is 1. The van der Waals surface area contributed by atoms with Gasteiger partial charge in [-0.05, 0) is 18.2 Å². The van der Waals surface area contributed by atoms with Gasteiger partial charge in [0.25, 0.3) is 5.56 Å². The SMILES string of the molecule is C#CCn1c(-c2cc(Cl)c3occc3c2)c(-n2nnc3cc(F)c(F)cc32)c(=O)n(-c2cncc3ccccc23)c1=O. The summed E-state index contributed by atoms with van der Waals surface area (Å²) < 4.78 is 37.2. The van der Waals surface area contributed by atoms with Gasteiger partial charge in [-0.25, -0.2) is 22.8 Å². The maximum Gasteiger partial charge on any atom is 0.337 e. The largest absolute Gasteiger partial charge is 0.463 e. The molecule has 0 atom stereocenters. The lowest BCUT2D eigenvalue weighted by atomic mass is 10.1. The van der Waals surface area contributed by atoms with E-state index in [-0.39, 0.29) is 39.7 Å². The molecule has 7 aromatic rings. The standard InChI is InChI=1S/C30H15ClF2N6O3/c1-2-8-37-26(18-10-16-7-9-42-28(16)20(31)11-18)27(39-24-13-22(33)21(32)12-23(24)35-36-39)29(40)38(30(37)41)25-15-34-14-17-5-3-4-6-19(17)25/h1,3-7,9-15H,8H2. The first-order chi connectivity index (χ1) is 20.4. The van der Waals surface area contributed by atoms with Gasteiger partial charge in [0.05, 0.1) is 40.9 Å². The Balaban J connectivity index is 1.69. The van der Waals surface area contributed by atoms with Gasteiger partial charge in [-0.15, -0.1) is 11.5 Å². The molecule has 4 aromatic heterocycles. The van der Waals surface area contributed by atoms with Crippen molar-refractivity contribution in [1.29, 1.82) is 0 Å². The molecule has 0 radical (unpaired) electrons. The molecule has 204 valence electrons. The third-order valence-electron chi connectivity index (χ3n) is 6.94. The van der Waals surface area contributed by atoms with E-state index in [4.69, 9.17) is 22.4 Å².